The lowest BCUT2D eigenvalue weighted by atomic mass is 9.77. The fourth-order valence-electron chi connectivity index (χ4n) is 9.53. The molecule has 0 aliphatic heterocycles. The Bertz CT molecular complexity index is 2340. The van der Waals surface area contributed by atoms with Gasteiger partial charge in [0.05, 0.1) is 11.7 Å². The second-order valence-electron chi connectivity index (χ2n) is 17.6. The smallest absolute Gasteiger partial charge is 0.113 e. The lowest BCUT2D eigenvalue weighted by Crippen LogP contribution is -2.19. The maximum Gasteiger partial charge on any atom is 0.113 e. The molecule has 0 saturated heterocycles. The van der Waals surface area contributed by atoms with Crippen molar-refractivity contribution < 1.29 is 0 Å². The molecule has 3 atom stereocenters. The molecule has 54 heavy (non-hydrogen) atoms. The van der Waals surface area contributed by atoms with Gasteiger partial charge >= 0.3 is 0 Å². The van der Waals surface area contributed by atoms with Gasteiger partial charge in [0.15, 0.2) is 0 Å². The van der Waals surface area contributed by atoms with E-state index in [0.717, 1.165) is 47.7 Å². The number of hydrogen-bond acceptors (Lipinski definition) is 3. The average Bonchev–Trinajstić information content (AvgIpc) is 3.85. The third-order valence-electron chi connectivity index (χ3n) is 13.7. The molecule has 0 fully saturated rings. The molecule has 0 amide bonds. The lowest BCUT2D eigenvalue weighted by molar-refractivity contribution is 0.472. The predicted molar refractivity (Wildman–Crippen MR) is 233 cm³/mol. The maximum atomic E-state index is 4.94. The molecule has 3 heteroatoms. The fraction of sp³-hybridized carbons (Fsp3) is 0.412. The molecule has 0 radical (unpaired) electrons. The molecule has 2 nitrogen and oxygen atoms in total. The average molecular weight is 731 g/mol. The zero-order valence-electron chi connectivity index (χ0n) is 33.9. The van der Waals surface area contributed by atoms with Crippen molar-refractivity contribution in [3.63, 3.8) is 0 Å². The molecule has 5 aromatic carbocycles. The van der Waals surface area contributed by atoms with Gasteiger partial charge in [0.1, 0.15) is 11.0 Å². The number of nitrogens with zero attached hydrogens (tertiary/aromatic N) is 2. The quantitative estimate of drug-likeness (QED) is 0.118. The minimum absolute atomic E-state index is 0.0188. The third kappa shape index (κ3) is 6.25. The number of benzene rings is 5. The van der Waals surface area contributed by atoms with Crippen LogP contribution in [0.25, 0.3) is 55.5 Å². The van der Waals surface area contributed by atoms with Crippen molar-refractivity contribution in [3.8, 4) is 44.5 Å². The Kier molecular flexibility index (Phi) is 9.92. The summed E-state index contributed by atoms with van der Waals surface area (Å²) in [5.41, 5.74) is 21.0. The van der Waals surface area contributed by atoms with E-state index in [1.54, 1.807) is 0 Å². The van der Waals surface area contributed by atoms with E-state index in [4.69, 9.17) is 8.75 Å². The zero-order chi connectivity index (χ0) is 37.8. The summed E-state index contributed by atoms with van der Waals surface area (Å²) < 4.78 is 9.88. The molecule has 1 aromatic heterocycles. The molecular weight excluding hydrogens is 673 g/mol. The summed E-state index contributed by atoms with van der Waals surface area (Å²) >= 11 is 1.33. The molecule has 278 valence electrons. The van der Waals surface area contributed by atoms with Gasteiger partial charge in [0, 0.05) is 22.0 Å². The molecule has 0 N–H and O–H groups in total. The monoisotopic (exact) mass is 730 g/mol. The van der Waals surface area contributed by atoms with Crippen molar-refractivity contribution in [2.24, 2.45) is 11.8 Å². The molecule has 0 bridgehead atoms. The van der Waals surface area contributed by atoms with Gasteiger partial charge in [-0.3, -0.25) is 0 Å². The van der Waals surface area contributed by atoms with Gasteiger partial charge in [-0.05, 0) is 123 Å². The molecule has 2 aliphatic rings. The highest BCUT2D eigenvalue weighted by Gasteiger charge is 2.39. The van der Waals surface area contributed by atoms with E-state index in [1.165, 1.54) is 123 Å². The second kappa shape index (κ2) is 14.5. The highest BCUT2D eigenvalue weighted by atomic mass is 32.1. The van der Waals surface area contributed by atoms with Crippen LogP contribution in [0.5, 0.6) is 0 Å². The summed E-state index contributed by atoms with van der Waals surface area (Å²) in [5, 5.41) is 0. The Hall–Kier alpha value is -4.08. The maximum absolute atomic E-state index is 4.94. The van der Waals surface area contributed by atoms with Crippen molar-refractivity contribution in [2.75, 3.05) is 0 Å². The van der Waals surface area contributed by atoms with E-state index in [2.05, 4.69) is 140 Å². The minimum Gasteiger partial charge on any atom is -0.172 e. The summed E-state index contributed by atoms with van der Waals surface area (Å²) in [4.78, 5) is 0. The number of aryl methyl sites for hydroxylation is 2. The van der Waals surface area contributed by atoms with Gasteiger partial charge in [-0.2, -0.15) is 8.75 Å². The Labute approximate surface area is 328 Å². The molecule has 6 aromatic rings. The second-order valence-corrected chi connectivity index (χ2v) is 18.1. The topological polar surface area (TPSA) is 25.8 Å². The van der Waals surface area contributed by atoms with Crippen LogP contribution in [0.15, 0.2) is 84.9 Å². The standard InChI is InChI=1S/C51H58N2S/c1-9-12-13-33(5)15-17-34-18-22-40-41-24-20-36(30-45(41)50(6,7)44(40)28-34)38-26-27-39(49-48(38)52-54-53-49)37-21-25-43-42-23-19-35(16-14-32(4)10-2)29-46(42)51(8,11-3)47(43)31-37/h18-33H,9-17H2,1-8H3. The fourth-order valence-corrected chi connectivity index (χ4v) is 10.1. The summed E-state index contributed by atoms with van der Waals surface area (Å²) in [6, 6.07) is 33.4. The van der Waals surface area contributed by atoms with E-state index in [0.29, 0.717) is 0 Å². The highest BCUT2D eigenvalue weighted by Crippen LogP contribution is 2.53. The Morgan fingerprint density at radius 3 is 1.56 bits per heavy atom. The first-order chi connectivity index (χ1) is 26.1. The van der Waals surface area contributed by atoms with E-state index < -0.39 is 0 Å². The van der Waals surface area contributed by atoms with Crippen molar-refractivity contribution >= 4 is 22.8 Å². The Morgan fingerprint density at radius 2 is 1.00 bits per heavy atom. The van der Waals surface area contributed by atoms with Crippen LogP contribution in [0.4, 0.5) is 0 Å². The minimum atomic E-state index is -0.0630. The Balaban J connectivity index is 1.10. The first-order valence-corrected chi connectivity index (χ1v) is 21.6. The lowest BCUT2D eigenvalue weighted by Gasteiger charge is -2.26. The summed E-state index contributed by atoms with van der Waals surface area (Å²) in [7, 11) is 0. The van der Waals surface area contributed by atoms with Crippen molar-refractivity contribution in [2.45, 2.75) is 124 Å². The molecular formula is C51H58N2S. The number of aromatic nitrogens is 2. The summed E-state index contributed by atoms with van der Waals surface area (Å²) in [5.74, 6) is 1.54. The Morgan fingerprint density at radius 1 is 0.537 bits per heavy atom. The molecule has 3 unspecified atom stereocenters. The van der Waals surface area contributed by atoms with Crippen molar-refractivity contribution in [3.05, 3.63) is 118 Å². The van der Waals surface area contributed by atoms with Crippen LogP contribution in [0.1, 0.15) is 134 Å². The highest BCUT2D eigenvalue weighted by molar-refractivity contribution is 7.00. The summed E-state index contributed by atoms with van der Waals surface area (Å²) in [6.07, 6.45) is 11.1. The molecule has 8 rings (SSSR count). The van der Waals surface area contributed by atoms with Crippen molar-refractivity contribution in [1.82, 2.24) is 8.75 Å². The number of fused-ring (bicyclic) bond motifs is 7. The van der Waals surface area contributed by atoms with Crippen LogP contribution in [0.3, 0.4) is 0 Å². The van der Waals surface area contributed by atoms with Gasteiger partial charge in [-0.1, -0.05) is 154 Å². The van der Waals surface area contributed by atoms with Gasteiger partial charge in [0.25, 0.3) is 0 Å². The number of unbranched alkanes of at least 4 members (excludes halogenated alkanes) is 1. The van der Waals surface area contributed by atoms with Crippen LogP contribution in [-0.4, -0.2) is 8.75 Å². The van der Waals surface area contributed by atoms with E-state index in [-0.39, 0.29) is 10.8 Å². The number of rotatable bonds is 13. The van der Waals surface area contributed by atoms with Crippen LogP contribution >= 0.6 is 11.7 Å². The largest absolute Gasteiger partial charge is 0.172 e. The van der Waals surface area contributed by atoms with Gasteiger partial charge in [0.2, 0.25) is 0 Å². The summed E-state index contributed by atoms with van der Waals surface area (Å²) in [6.45, 7) is 19.0. The van der Waals surface area contributed by atoms with Crippen LogP contribution in [0, 0.1) is 11.8 Å². The molecule has 2 aliphatic carbocycles. The first-order valence-electron chi connectivity index (χ1n) is 20.9. The SMILES string of the molecule is CCCCC(C)CCc1ccc2c(c1)C(C)(C)c1cc(-c3ccc(-c4ccc5c(c4)C(C)(CC)c4cc(CCC(C)CC)ccc4-5)c4nsnc34)ccc1-2. The normalized spacial score (nSPS) is 17.6. The van der Waals surface area contributed by atoms with Gasteiger partial charge in [-0.15, -0.1) is 0 Å². The van der Waals surface area contributed by atoms with E-state index >= 15 is 0 Å². The van der Waals surface area contributed by atoms with Crippen LogP contribution < -0.4 is 0 Å². The zero-order valence-corrected chi connectivity index (χ0v) is 34.7. The van der Waals surface area contributed by atoms with Gasteiger partial charge < -0.3 is 0 Å². The molecule has 0 spiro atoms. The van der Waals surface area contributed by atoms with Crippen LogP contribution in [0.2, 0.25) is 0 Å². The predicted octanol–water partition coefficient (Wildman–Crippen LogP) is 14.8. The number of hydrogen-bond donors (Lipinski definition) is 0. The molecule has 1 heterocycles. The van der Waals surface area contributed by atoms with Gasteiger partial charge in [-0.25, -0.2) is 0 Å². The first kappa shape index (κ1) is 36.9. The van der Waals surface area contributed by atoms with E-state index in [1.807, 2.05) is 0 Å². The third-order valence-corrected chi connectivity index (χ3v) is 14.2. The van der Waals surface area contributed by atoms with E-state index in [9.17, 15) is 0 Å². The van der Waals surface area contributed by atoms with Crippen molar-refractivity contribution in [1.29, 1.82) is 0 Å². The van der Waals surface area contributed by atoms with Crippen LogP contribution in [-0.2, 0) is 23.7 Å². The molecule has 0 saturated carbocycles.